The number of amides is 2. The number of halogens is 3. The molecule has 0 bridgehead atoms. The maximum absolute atomic E-state index is 14.0. The van der Waals surface area contributed by atoms with Crippen molar-refractivity contribution in [1.29, 1.82) is 0 Å². The molecule has 2 amide bonds. The second-order valence-electron chi connectivity index (χ2n) is 10.5. The molecule has 3 aliphatic rings. The van der Waals surface area contributed by atoms with Crippen LogP contribution in [0, 0.1) is 5.92 Å². The van der Waals surface area contributed by atoms with Crippen LogP contribution < -0.4 is 5.73 Å². The Kier molecular flexibility index (Phi) is 6.72. The number of rotatable bonds is 6. The number of guanidine groups is 1. The highest BCUT2D eigenvalue weighted by molar-refractivity contribution is 6.07. The number of fused-ring (bicyclic) bond motifs is 1. The monoisotopic (exact) mass is 564 g/mol. The summed E-state index contributed by atoms with van der Waals surface area (Å²) in [5.41, 5.74) is 5.55. The summed E-state index contributed by atoms with van der Waals surface area (Å²) < 4.78 is 47.5. The van der Waals surface area contributed by atoms with Gasteiger partial charge in [0.15, 0.2) is 11.5 Å². The van der Waals surface area contributed by atoms with Gasteiger partial charge in [0.25, 0.3) is 11.8 Å². The van der Waals surface area contributed by atoms with E-state index in [-0.39, 0.29) is 37.4 Å². The maximum atomic E-state index is 14.0. The molecule has 1 fully saturated rings. The van der Waals surface area contributed by atoms with Crippen LogP contribution in [-0.4, -0.2) is 50.8 Å². The van der Waals surface area contributed by atoms with Gasteiger partial charge >= 0.3 is 6.18 Å². The standard InChI is InChI=1S/C29H27F3N6O3/c30-29(31,32)22-7-6-18(12-21(22)25(39)37-15-23-24(16-37)35-10-9-34-23)14-38-26(40)28(36-27(38)33,13-19-8-11-41-17-19)20-4-2-1-3-5-20/h1-7,9-10,12,19H,8,11,13-17H2,(H2,33,36)/t19-,28+/m0/s1. The van der Waals surface area contributed by atoms with E-state index >= 15 is 0 Å². The molecule has 0 unspecified atom stereocenters. The molecule has 2 atom stereocenters. The highest BCUT2D eigenvalue weighted by Crippen LogP contribution is 2.41. The first kappa shape index (κ1) is 26.9. The summed E-state index contributed by atoms with van der Waals surface area (Å²) in [6, 6.07) is 12.4. The highest BCUT2D eigenvalue weighted by Gasteiger charge is 2.50. The van der Waals surface area contributed by atoms with Crippen LogP contribution >= 0.6 is 0 Å². The largest absolute Gasteiger partial charge is 0.417 e. The van der Waals surface area contributed by atoms with Gasteiger partial charge in [-0.15, -0.1) is 0 Å². The van der Waals surface area contributed by atoms with E-state index in [1.54, 1.807) is 0 Å². The third-order valence-corrected chi connectivity index (χ3v) is 7.83. The Labute approximate surface area is 233 Å². The molecule has 212 valence electrons. The van der Waals surface area contributed by atoms with E-state index in [9.17, 15) is 22.8 Å². The number of nitrogens with two attached hydrogens (primary N) is 1. The molecule has 4 heterocycles. The number of aromatic nitrogens is 2. The van der Waals surface area contributed by atoms with Gasteiger partial charge in [-0.3, -0.25) is 24.5 Å². The second kappa shape index (κ2) is 10.3. The van der Waals surface area contributed by atoms with Gasteiger partial charge in [0.05, 0.1) is 42.1 Å². The lowest BCUT2D eigenvalue weighted by Gasteiger charge is -2.29. The zero-order valence-corrected chi connectivity index (χ0v) is 22.0. The molecule has 1 aromatic heterocycles. The SMILES string of the molecule is NC1=N[C@](C[C@@H]2CCOC2)(c2ccccc2)C(=O)N1Cc1ccc(C(F)(F)F)c(C(=O)N2Cc3nccnc3C2)c1. The molecule has 0 spiro atoms. The number of aliphatic imine (C=N–C) groups is 1. The number of ether oxygens (including phenoxy) is 1. The van der Waals surface area contributed by atoms with E-state index in [4.69, 9.17) is 10.5 Å². The molecule has 3 aliphatic heterocycles. The zero-order valence-electron chi connectivity index (χ0n) is 22.0. The summed E-state index contributed by atoms with van der Waals surface area (Å²) in [4.78, 5) is 43.0. The summed E-state index contributed by atoms with van der Waals surface area (Å²) in [6.45, 7) is 1.07. The number of nitrogens with zero attached hydrogens (tertiary/aromatic N) is 5. The molecule has 3 aromatic rings. The van der Waals surface area contributed by atoms with E-state index in [1.165, 1.54) is 34.3 Å². The lowest BCUT2D eigenvalue weighted by atomic mass is 9.81. The molecule has 1 saturated heterocycles. The molecular formula is C29H27F3N6O3. The predicted octanol–water partition coefficient (Wildman–Crippen LogP) is 3.63. The minimum Gasteiger partial charge on any atom is -0.381 e. The Morgan fingerprint density at radius 3 is 2.41 bits per heavy atom. The van der Waals surface area contributed by atoms with E-state index in [2.05, 4.69) is 15.0 Å². The van der Waals surface area contributed by atoms with Crippen molar-refractivity contribution in [3.05, 3.63) is 94.6 Å². The Hall–Kier alpha value is -4.32. The zero-order chi connectivity index (χ0) is 28.8. The third-order valence-electron chi connectivity index (χ3n) is 7.83. The molecule has 12 heteroatoms. The second-order valence-corrected chi connectivity index (χ2v) is 10.5. The number of hydrogen-bond donors (Lipinski definition) is 1. The number of benzene rings is 2. The van der Waals surface area contributed by atoms with Gasteiger partial charge in [-0.1, -0.05) is 36.4 Å². The van der Waals surface area contributed by atoms with Crippen LogP contribution in [0.15, 0.2) is 65.9 Å². The first-order valence-electron chi connectivity index (χ1n) is 13.2. The third kappa shape index (κ3) is 4.92. The minimum atomic E-state index is -4.76. The highest BCUT2D eigenvalue weighted by atomic mass is 19.4. The molecule has 2 N–H and O–H groups in total. The average molecular weight is 565 g/mol. The van der Waals surface area contributed by atoms with Gasteiger partial charge < -0.3 is 15.4 Å². The van der Waals surface area contributed by atoms with Crippen molar-refractivity contribution in [2.75, 3.05) is 13.2 Å². The Balaban J connectivity index is 1.31. The van der Waals surface area contributed by atoms with Gasteiger partial charge in [0.1, 0.15) is 0 Å². The van der Waals surface area contributed by atoms with Crippen LogP contribution in [-0.2, 0) is 40.9 Å². The van der Waals surface area contributed by atoms with Crippen LogP contribution in [0.5, 0.6) is 0 Å². The molecule has 0 aliphatic carbocycles. The minimum absolute atomic E-state index is 0.0299. The van der Waals surface area contributed by atoms with Crippen molar-refractivity contribution < 1.29 is 27.5 Å². The fraction of sp³-hybridized carbons (Fsp3) is 0.345. The summed E-state index contributed by atoms with van der Waals surface area (Å²) in [5.74, 6) is -1.10. The van der Waals surface area contributed by atoms with Crippen LogP contribution in [0.4, 0.5) is 13.2 Å². The Bertz CT molecular complexity index is 1500. The van der Waals surface area contributed by atoms with Crippen molar-refractivity contribution in [3.63, 3.8) is 0 Å². The number of carbonyl (C=O) groups is 2. The molecule has 0 radical (unpaired) electrons. The van der Waals surface area contributed by atoms with Crippen molar-refractivity contribution in [3.8, 4) is 0 Å². The summed E-state index contributed by atoms with van der Waals surface area (Å²) >= 11 is 0. The molecule has 41 heavy (non-hydrogen) atoms. The van der Waals surface area contributed by atoms with E-state index in [0.717, 1.165) is 12.5 Å². The summed E-state index contributed by atoms with van der Waals surface area (Å²) in [7, 11) is 0. The van der Waals surface area contributed by atoms with Crippen LogP contribution in [0.25, 0.3) is 0 Å². The number of carbonyl (C=O) groups excluding carboxylic acids is 2. The smallest absolute Gasteiger partial charge is 0.381 e. The molecular weight excluding hydrogens is 537 g/mol. The van der Waals surface area contributed by atoms with Gasteiger partial charge in [0.2, 0.25) is 0 Å². The number of hydrogen-bond acceptors (Lipinski definition) is 7. The first-order valence-corrected chi connectivity index (χ1v) is 13.2. The molecule has 2 aromatic carbocycles. The predicted molar refractivity (Wildman–Crippen MR) is 141 cm³/mol. The van der Waals surface area contributed by atoms with Crippen molar-refractivity contribution in [1.82, 2.24) is 19.8 Å². The van der Waals surface area contributed by atoms with Crippen LogP contribution in [0.2, 0.25) is 0 Å². The lowest BCUT2D eigenvalue weighted by Crippen LogP contribution is -2.43. The molecule has 6 rings (SSSR count). The van der Waals surface area contributed by atoms with Crippen LogP contribution in [0.1, 0.15) is 51.3 Å². The van der Waals surface area contributed by atoms with Gasteiger partial charge in [-0.05, 0) is 42.0 Å². The quantitative estimate of drug-likeness (QED) is 0.489. The molecule has 9 nitrogen and oxygen atoms in total. The lowest BCUT2D eigenvalue weighted by molar-refractivity contribution is -0.138. The fourth-order valence-electron chi connectivity index (χ4n) is 5.79. The molecule has 0 saturated carbocycles. The summed E-state index contributed by atoms with van der Waals surface area (Å²) in [6.07, 6.45) is -0.636. The van der Waals surface area contributed by atoms with Crippen molar-refractivity contribution in [2.24, 2.45) is 16.6 Å². The van der Waals surface area contributed by atoms with Crippen LogP contribution in [0.3, 0.4) is 0 Å². The average Bonchev–Trinajstić information content (AvgIpc) is 3.69. The first-order chi connectivity index (χ1) is 19.7. The van der Waals surface area contributed by atoms with Gasteiger partial charge in [0, 0.05) is 25.6 Å². The number of alkyl halides is 3. The fourth-order valence-corrected chi connectivity index (χ4v) is 5.79. The Morgan fingerprint density at radius 2 is 1.78 bits per heavy atom. The van der Waals surface area contributed by atoms with Crippen molar-refractivity contribution in [2.45, 2.75) is 44.2 Å². The maximum Gasteiger partial charge on any atom is 0.417 e. The summed E-state index contributed by atoms with van der Waals surface area (Å²) in [5, 5.41) is 0. The normalized spacial score (nSPS) is 22.3. The van der Waals surface area contributed by atoms with E-state index in [0.29, 0.717) is 42.1 Å². The van der Waals surface area contributed by atoms with E-state index < -0.39 is 28.7 Å². The van der Waals surface area contributed by atoms with Gasteiger partial charge in [-0.2, -0.15) is 13.2 Å². The Morgan fingerprint density at radius 1 is 1.07 bits per heavy atom. The van der Waals surface area contributed by atoms with Crippen molar-refractivity contribution >= 4 is 17.8 Å². The topological polar surface area (TPSA) is 114 Å². The van der Waals surface area contributed by atoms with Gasteiger partial charge in [-0.25, -0.2) is 4.99 Å². The van der Waals surface area contributed by atoms with E-state index in [1.807, 2.05) is 30.3 Å².